The average molecular weight is 188 g/mol. The van der Waals surface area contributed by atoms with Crippen molar-refractivity contribution in [3.8, 4) is 0 Å². The third kappa shape index (κ3) is 2.24. The molecule has 14 heavy (non-hydrogen) atoms. The molecule has 0 unspecified atom stereocenters. The zero-order valence-electron chi connectivity index (χ0n) is 8.52. The molecular formula is C13H16O. The summed E-state index contributed by atoms with van der Waals surface area (Å²) in [6.07, 6.45) is 5.82. The van der Waals surface area contributed by atoms with Crippen LogP contribution in [-0.2, 0) is 4.74 Å². The second-order valence-corrected chi connectivity index (χ2v) is 3.87. The van der Waals surface area contributed by atoms with Crippen LogP contribution in [0.5, 0.6) is 0 Å². The maximum atomic E-state index is 5.60. The normalized spacial score (nSPS) is 27.2. The molecule has 1 aliphatic heterocycles. The highest BCUT2D eigenvalue weighted by Crippen LogP contribution is 2.21. The quantitative estimate of drug-likeness (QED) is 0.693. The third-order valence-corrected chi connectivity index (χ3v) is 2.72. The summed E-state index contributed by atoms with van der Waals surface area (Å²) in [6.45, 7) is 3.15. The highest BCUT2D eigenvalue weighted by Gasteiger charge is 2.20. The molecule has 0 spiro atoms. The smallest absolute Gasteiger partial charge is 0.0785 e. The fraction of sp³-hybridized carbons (Fsp3) is 0.385. The van der Waals surface area contributed by atoms with Crippen LogP contribution in [0, 0.1) is 5.92 Å². The van der Waals surface area contributed by atoms with Gasteiger partial charge in [0.15, 0.2) is 0 Å². The molecular weight excluding hydrogens is 172 g/mol. The molecule has 1 fully saturated rings. The molecule has 2 rings (SSSR count). The van der Waals surface area contributed by atoms with Crippen molar-refractivity contribution >= 4 is 6.08 Å². The van der Waals surface area contributed by atoms with Gasteiger partial charge in [0.2, 0.25) is 0 Å². The maximum Gasteiger partial charge on any atom is 0.0785 e. The first-order chi connectivity index (χ1) is 6.86. The molecule has 0 amide bonds. The van der Waals surface area contributed by atoms with Crippen molar-refractivity contribution in [3.05, 3.63) is 42.0 Å². The Bertz CT molecular complexity index is 302. The number of ether oxygens (including phenoxy) is 1. The molecule has 74 valence electrons. The van der Waals surface area contributed by atoms with E-state index in [9.17, 15) is 0 Å². The van der Waals surface area contributed by atoms with Gasteiger partial charge in [-0.1, -0.05) is 49.4 Å². The summed E-state index contributed by atoms with van der Waals surface area (Å²) in [5.74, 6) is 0.662. The van der Waals surface area contributed by atoms with Crippen LogP contribution in [0.15, 0.2) is 36.4 Å². The van der Waals surface area contributed by atoms with Crippen LogP contribution < -0.4 is 0 Å². The van der Waals surface area contributed by atoms with Gasteiger partial charge >= 0.3 is 0 Å². The fourth-order valence-corrected chi connectivity index (χ4v) is 1.73. The largest absolute Gasteiger partial charge is 0.374 e. The molecule has 1 aliphatic rings. The highest BCUT2D eigenvalue weighted by atomic mass is 16.5. The van der Waals surface area contributed by atoms with Crippen LogP contribution in [0.4, 0.5) is 0 Å². The highest BCUT2D eigenvalue weighted by molar-refractivity contribution is 5.49. The summed E-state index contributed by atoms with van der Waals surface area (Å²) in [6, 6.07) is 10.4. The molecule has 1 aromatic carbocycles. The molecule has 1 nitrogen and oxygen atoms in total. The predicted octanol–water partition coefficient (Wildman–Crippen LogP) is 3.12. The molecule has 0 radical (unpaired) electrons. The van der Waals surface area contributed by atoms with Crippen molar-refractivity contribution in [1.29, 1.82) is 0 Å². The molecule has 1 heterocycles. The molecule has 1 saturated heterocycles. The lowest BCUT2D eigenvalue weighted by Crippen LogP contribution is -2.08. The minimum absolute atomic E-state index is 0.315. The SMILES string of the molecule is C[C@@H]1CCO[C@H]1/C=C/c1ccccc1. The van der Waals surface area contributed by atoms with Crippen molar-refractivity contribution in [1.82, 2.24) is 0 Å². The first kappa shape index (κ1) is 9.47. The molecule has 0 aliphatic carbocycles. The number of rotatable bonds is 2. The summed E-state index contributed by atoms with van der Waals surface area (Å²) in [4.78, 5) is 0. The minimum atomic E-state index is 0.315. The van der Waals surface area contributed by atoms with E-state index < -0.39 is 0 Å². The second-order valence-electron chi connectivity index (χ2n) is 3.87. The van der Waals surface area contributed by atoms with E-state index >= 15 is 0 Å². The third-order valence-electron chi connectivity index (χ3n) is 2.72. The Balaban J connectivity index is 2.00. The van der Waals surface area contributed by atoms with Gasteiger partial charge in [0.25, 0.3) is 0 Å². The molecule has 1 heteroatoms. The summed E-state index contributed by atoms with van der Waals surface area (Å²) in [7, 11) is 0. The zero-order chi connectivity index (χ0) is 9.80. The van der Waals surface area contributed by atoms with Gasteiger partial charge in [-0.15, -0.1) is 0 Å². The van der Waals surface area contributed by atoms with E-state index in [0.29, 0.717) is 12.0 Å². The number of hydrogen-bond acceptors (Lipinski definition) is 1. The first-order valence-corrected chi connectivity index (χ1v) is 5.21. The van der Waals surface area contributed by atoms with E-state index in [-0.39, 0.29) is 0 Å². The van der Waals surface area contributed by atoms with Gasteiger partial charge in [-0.25, -0.2) is 0 Å². The Kier molecular flexibility index (Phi) is 3.00. The standard InChI is InChI=1S/C13H16O/c1-11-9-10-14-13(11)8-7-12-5-3-2-4-6-12/h2-8,11,13H,9-10H2,1H3/b8-7+/t11-,13+/m1/s1. The lowest BCUT2D eigenvalue weighted by molar-refractivity contribution is 0.132. The van der Waals surface area contributed by atoms with E-state index in [2.05, 4.69) is 43.3 Å². The monoisotopic (exact) mass is 188 g/mol. The maximum absolute atomic E-state index is 5.60. The predicted molar refractivity (Wildman–Crippen MR) is 59.0 cm³/mol. The van der Waals surface area contributed by atoms with E-state index in [1.165, 1.54) is 12.0 Å². The van der Waals surface area contributed by atoms with Crippen LogP contribution in [0.3, 0.4) is 0 Å². The zero-order valence-corrected chi connectivity index (χ0v) is 8.52. The summed E-state index contributed by atoms with van der Waals surface area (Å²) in [5, 5.41) is 0. The van der Waals surface area contributed by atoms with Crippen LogP contribution in [-0.4, -0.2) is 12.7 Å². The number of hydrogen-bond donors (Lipinski definition) is 0. The minimum Gasteiger partial charge on any atom is -0.374 e. The Morgan fingerprint density at radius 1 is 1.29 bits per heavy atom. The van der Waals surface area contributed by atoms with Crippen molar-refractivity contribution in [2.75, 3.05) is 6.61 Å². The van der Waals surface area contributed by atoms with Gasteiger partial charge in [0.1, 0.15) is 0 Å². The van der Waals surface area contributed by atoms with Gasteiger partial charge in [-0.2, -0.15) is 0 Å². The Labute approximate surface area is 85.4 Å². The molecule has 0 bridgehead atoms. The summed E-state index contributed by atoms with van der Waals surface area (Å²) >= 11 is 0. The van der Waals surface area contributed by atoms with Crippen molar-refractivity contribution in [2.24, 2.45) is 5.92 Å². The Morgan fingerprint density at radius 2 is 2.07 bits per heavy atom. The van der Waals surface area contributed by atoms with Gasteiger partial charge in [-0.05, 0) is 17.9 Å². The summed E-state index contributed by atoms with van der Waals surface area (Å²) < 4.78 is 5.60. The van der Waals surface area contributed by atoms with Crippen molar-refractivity contribution in [3.63, 3.8) is 0 Å². The van der Waals surface area contributed by atoms with Crippen LogP contribution in [0.25, 0.3) is 6.08 Å². The van der Waals surface area contributed by atoms with Gasteiger partial charge in [0, 0.05) is 6.61 Å². The topological polar surface area (TPSA) is 9.23 Å². The molecule has 2 atom stereocenters. The van der Waals surface area contributed by atoms with E-state index in [1.54, 1.807) is 0 Å². The Hall–Kier alpha value is -1.08. The van der Waals surface area contributed by atoms with Crippen molar-refractivity contribution in [2.45, 2.75) is 19.4 Å². The van der Waals surface area contributed by atoms with Gasteiger partial charge in [-0.3, -0.25) is 0 Å². The lowest BCUT2D eigenvalue weighted by Gasteiger charge is -2.08. The first-order valence-electron chi connectivity index (χ1n) is 5.21. The summed E-state index contributed by atoms with van der Waals surface area (Å²) in [5.41, 5.74) is 1.25. The Morgan fingerprint density at radius 3 is 2.71 bits per heavy atom. The van der Waals surface area contributed by atoms with Crippen LogP contribution in [0.1, 0.15) is 18.9 Å². The van der Waals surface area contributed by atoms with Crippen LogP contribution >= 0.6 is 0 Å². The van der Waals surface area contributed by atoms with E-state index in [1.807, 2.05) is 6.07 Å². The van der Waals surface area contributed by atoms with Gasteiger partial charge < -0.3 is 4.74 Å². The molecule has 0 saturated carbocycles. The van der Waals surface area contributed by atoms with Crippen molar-refractivity contribution < 1.29 is 4.74 Å². The number of benzene rings is 1. The molecule has 0 N–H and O–H groups in total. The van der Waals surface area contributed by atoms with Gasteiger partial charge in [0.05, 0.1) is 6.10 Å². The second kappa shape index (κ2) is 4.43. The fourth-order valence-electron chi connectivity index (χ4n) is 1.73. The van der Waals surface area contributed by atoms with Crippen LogP contribution in [0.2, 0.25) is 0 Å². The average Bonchev–Trinajstić information content (AvgIpc) is 2.63. The van der Waals surface area contributed by atoms with E-state index in [4.69, 9.17) is 4.74 Å². The lowest BCUT2D eigenvalue weighted by atomic mass is 10.0. The van der Waals surface area contributed by atoms with E-state index in [0.717, 1.165) is 6.61 Å². The molecule has 0 aromatic heterocycles. The molecule has 1 aromatic rings.